The number of primary amides is 1. The van der Waals surface area contributed by atoms with Crippen LogP contribution in [0.5, 0.6) is 0 Å². The predicted octanol–water partition coefficient (Wildman–Crippen LogP) is 2.61. The normalized spacial score (nSPS) is 32.0. The average molecular weight is 556 g/mol. The summed E-state index contributed by atoms with van der Waals surface area (Å²) in [6.07, 6.45) is 0.504. The van der Waals surface area contributed by atoms with Gasteiger partial charge in [-0.05, 0) is 75.1 Å². The van der Waals surface area contributed by atoms with Gasteiger partial charge in [-0.25, -0.2) is 0 Å². The lowest BCUT2D eigenvalue weighted by Crippen LogP contribution is -2.58. The molecule has 5 atom stereocenters. The number of hydrogen-bond donors (Lipinski definition) is 5. The number of nitrogens with one attached hydrogen (secondary N) is 1. The molecule has 10 heteroatoms. The molecule has 218 valence electrons. The van der Waals surface area contributed by atoms with Crippen LogP contribution in [0.1, 0.15) is 84.8 Å². The van der Waals surface area contributed by atoms with Crippen LogP contribution in [0, 0.1) is 12.3 Å². The molecule has 2 heterocycles. The first-order chi connectivity index (χ1) is 18.8. The molecular formula is C30H41N3O7. The number of carbonyl (C=O) groups excluding carboxylic acids is 2. The van der Waals surface area contributed by atoms with Crippen molar-refractivity contribution < 1.29 is 34.4 Å². The third kappa shape index (κ3) is 5.56. The van der Waals surface area contributed by atoms with Gasteiger partial charge in [0.05, 0.1) is 17.8 Å². The van der Waals surface area contributed by atoms with Crippen LogP contribution in [0.25, 0.3) is 5.69 Å². The second-order valence-electron chi connectivity index (χ2n) is 12.5. The number of rotatable bonds is 6. The average Bonchev–Trinajstić information content (AvgIpc) is 3.22. The van der Waals surface area contributed by atoms with Crippen molar-refractivity contribution in [1.29, 1.82) is 0 Å². The molecule has 0 bridgehead atoms. The Bertz CT molecular complexity index is 1280. The van der Waals surface area contributed by atoms with E-state index in [1.54, 1.807) is 13.0 Å². The van der Waals surface area contributed by atoms with Gasteiger partial charge in [0.1, 0.15) is 18.3 Å². The zero-order valence-electron chi connectivity index (χ0n) is 23.6. The van der Waals surface area contributed by atoms with E-state index in [0.29, 0.717) is 30.5 Å². The van der Waals surface area contributed by atoms with Gasteiger partial charge in [0, 0.05) is 41.3 Å². The van der Waals surface area contributed by atoms with Crippen LogP contribution in [0.2, 0.25) is 0 Å². The van der Waals surface area contributed by atoms with Gasteiger partial charge in [-0.3, -0.25) is 9.59 Å². The lowest BCUT2D eigenvalue weighted by molar-refractivity contribution is -0.305. The Labute approximate surface area is 234 Å². The molecule has 1 aromatic carbocycles. The molecule has 2 aliphatic carbocycles. The third-order valence-electron chi connectivity index (χ3n) is 8.58. The van der Waals surface area contributed by atoms with E-state index in [4.69, 9.17) is 15.2 Å². The lowest BCUT2D eigenvalue weighted by atomic mass is 9.75. The summed E-state index contributed by atoms with van der Waals surface area (Å²) >= 11 is 0. The largest absolute Gasteiger partial charge is 0.388 e. The molecule has 0 radical (unpaired) electrons. The first-order valence-electron chi connectivity index (χ1n) is 14.1. The van der Waals surface area contributed by atoms with Crippen molar-refractivity contribution in [1.82, 2.24) is 4.57 Å². The van der Waals surface area contributed by atoms with Crippen molar-refractivity contribution in [3.63, 3.8) is 0 Å². The van der Waals surface area contributed by atoms with E-state index in [9.17, 15) is 24.9 Å². The number of benzene rings is 1. The zero-order valence-corrected chi connectivity index (χ0v) is 23.6. The summed E-state index contributed by atoms with van der Waals surface area (Å²) < 4.78 is 13.6. The molecule has 5 rings (SSSR count). The quantitative estimate of drug-likeness (QED) is 0.364. The number of nitrogens with zero attached hydrogens (tertiary/aromatic N) is 1. The number of aliphatic hydroxyl groups is 3. The number of aliphatic hydroxyl groups excluding tert-OH is 3. The molecule has 1 amide bonds. The van der Waals surface area contributed by atoms with Crippen molar-refractivity contribution in [2.24, 2.45) is 11.1 Å². The summed E-state index contributed by atoms with van der Waals surface area (Å²) in [5.41, 5.74) is 10.2. The van der Waals surface area contributed by atoms with Crippen molar-refractivity contribution in [2.45, 2.75) is 109 Å². The van der Waals surface area contributed by atoms with Crippen LogP contribution in [-0.4, -0.2) is 74.4 Å². The Morgan fingerprint density at radius 2 is 1.80 bits per heavy atom. The number of ketones is 1. The molecule has 0 spiro atoms. The van der Waals surface area contributed by atoms with Gasteiger partial charge in [0.25, 0.3) is 5.91 Å². The highest BCUT2D eigenvalue weighted by molar-refractivity contribution is 6.01. The first-order valence-corrected chi connectivity index (χ1v) is 14.1. The molecule has 1 aromatic heterocycles. The molecule has 3 aliphatic rings. The second-order valence-corrected chi connectivity index (χ2v) is 12.5. The number of aromatic nitrogens is 1. The van der Waals surface area contributed by atoms with E-state index in [1.807, 2.05) is 25.3 Å². The minimum atomic E-state index is -1.33. The van der Waals surface area contributed by atoms with Crippen LogP contribution in [0.4, 0.5) is 5.69 Å². The maximum atomic E-state index is 12.9. The van der Waals surface area contributed by atoms with E-state index in [-0.39, 0.29) is 23.3 Å². The number of carbonyl (C=O) groups is 2. The lowest BCUT2D eigenvalue weighted by Gasteiger charge is -2.41. The summed E-state index contributed by atoms with van der Waals surface area (Å²) in [5, 5.41) is 33.8. The number of amides is 1. The van der Waals surface area contributed by atoms with E-state index in [2.05, 4.69) is 23.7 Å². The molecule has 1 saturated heterocycles. The molecule has 40 heavy (non-hydrogen) atoms. The smallest absolute Gasteiger partial charge is 0.250 e. The summed E-state index contributed by atoms with van der Waals surface area (Å²) in [6.45, 7) is 7.81. The Morgan fingerprint density at radius 1 is 1.10 bits per heavy atom. The first kappa shape index (κ1) is 28.8. The standard InChI is InChI=1S/C30H41N3O7/c1-15-14-33(22-12-30(3,4)13-23(34)24(15)22)18-7-10-20(28(31)38)21(11-18)32-17-5-8-19(9-6-17)40-29-27(37)26(36)25(35)16(2)39-29/h7,10-11,14,16-17,19,25-27,29,32,35-37H,5-6,8-9,12-13H2,1-4H3,(H2,31,38)/t16-,17-,19-,25+,26+,27-,29-/m0/s1. The number of fused-ring (bicyclic) bond motifs is 1. The molecule has 2 fully saturated rings. The van der Waals surface area contributed by atoms with Gasteiger partial charge in [0.15, 0.2) is 12.1 Å². The summed E-state index contributed by atoms with van der Waals surface area (Å²) in [7, 11) is 0. The van der Waals surface area contributed by atoms with Crippen LogP contribution in [-0.2, 0) is 15.9 Å². The van der Waals surface area contributed by atoms with Crippen molar-refractivity contribution in [2.75, 3.05) is 5.32 Å². The topological polar surface area (TPSA) is 156 Å². The molecule has 1 aliphatic heterocycles. The number of nitrogens with two attached hydrogens (primary N) is 1. The van der Waals surface area contributed by atoms with E-state index >= 15 is 0 Å². The van der Waals surface area contributed by atoms with Crippen LogP contribution >= 0.6 is 0 Å². The van der Waals surface area contributed by atoms with Gasteiger partial charge in [-0.1, -0.05) is 13.8 Å². The van der Waals surface area contributed by atoms with Crippen LogP contribution in [0.15, 0.2) is 24.4 Å². The molecule has 2 aromatic rings. The Hall–Kier alpha value is -2.76. The number of anilines is 1. The number of Topliss-reactive ketones (excluding diaryl/α,β-unsaturated/α-hetero) is 1. The van der Waals surface area contributed by atoms with Gasteiger partial charge < -0.3 is 40.4 Å². The Morgan fingerprint density at radius 3 is 2.48 bits per heavy atom. The highest BCUT2D eigenvalue weighted by Crippen LogP contribution is 2.39. The molecule has 1 saturated carbocycles. The number of aryl methyl sites for hydroxylation is 1. The highest BCUT2D eigenvalue weighted by Gasteiger charge is 2.43. The number of hydrogen-bond acceptors (Lipinski definition) is 8. The molecular weight excluding hydrogens is 514 g/mol. The van der Waals surface area contributed by atoms with E-state index in [1.165, 1.54) is 0 Å². The minimum absolute atomic E-state index is 0.0672. The Balaban J connectivity index is 1.30. The predicted molar refractivity (Wildman–Crippen MR) is 149 cm³/mol. The van der Waals surface area contributed by atoms with Crippen molar-refractivity contribution in [3.8, 4) is 5.69 Å². The fourth-order valence-corrected chi connectivity index (χ4v) is 6.40. The monoisotopic (exact) mass is 555 g/mol. The molecule has 0 unspecified atom stereocenters. The molecule has 6 N–H and O–H groups in total. The maximum absolute atomic E-state index is 12.9. The van der Waals surface area contributed by atoms with Gasteiger partial charge in [-0.2, -0.15) is 0 Å². The summed E-state index contributed by atoms with van der Waals surface area (Å²) in [6, 6.07) is 5.59. The van der Waals surface area contributed by atoms with Gasteiger partial charge >= 0.3 is 0 Å². The zero-order chi connectivity index (χ0) is 28.9. The number of ether oxygens (including phenoxy) is 2. The second kappa shape index (κ2) is 10.9. The van der Waals surface area contributed by atoms with Crippen molar-refractivity contribution in [3.05, 3.63) is 46.8 Å². The van der Waals surface area contributed by atoms with Crippen molar-refractivity contribution >= 4 is 17.4 Å². The minimum Gasteiger partial charge on any atom is -0.388 e. The van der Waals surface area contributed by atoms with E-state index in [0.717, 1.165) is 41.8 Å². The van der Waals surface area contributed by atoms with Crippen LogP contribution in [0.3, 0.4) is 0 Å². The summed E-state index contributed by atoms with van der Waals surface area (Å²) in [4.78, 5) is 25.2. The fourth-order valence-electron chi connectivity index (χ4n) is 6.40. The highest BCUT2D eigenvalue weighted by atomic mass is 16.7. The Kier molecular flexibility index (Phi) is 7.84. The molecule has 10 nitrogen and oxygen atoms in total. The van der Waals surface area contributed by atoms with E-state index < -0.39 is 36.6 Å². The fraction of sp³-hybridized carbons (Fsp3) is 0.600. The maximum Gasteiger partial charge on any atom is 0.250 e. The van der Waals surface area contributed by atoms with Gasteiger partial charge in [-0.15, -0.1) is 0 Å². The van der Waals surface area contributed by atoms with Gasteiger partial charge in [0.2, 0.25) is 0 Å². The van der Waals surface area contributed by atoms with Crippen LogP contribution < -0.4 is 11.1 Å². The summed E-state index contributed by atoms with van der Waals surface area (Å²) in [5.74, 6) is -0.355. The third-order valence-corrected chi connectivity index (χ3v) is 8.58. The SMILES string of the molecule is Cc1cn(-c2ccc(C(N)=O)c(N[C@H]3CC[C@H](O[C@@H]4O[C@@H](C)[C@@H](O)[C@@H](O)[C@@H]4O)CC3)c2)c2c1C(=O)CC(C)(C)C2.